The van der Waals surface area contributed by atoms with E-state index in [1.54, 1.807) is 18.2 Å². The highest BCUT2D eigenvalue weighted by Gasteiger charge is 2.11. The quantitative estimate of drug-likeness (QED) is 0.526. The number of carbonyl (C=O) groups is 1. The number of hydrogen-bond acceptors (Lipinski definition) is 5. The van der Waals surface area contributed by atoms with Crippen molar-refractivity contribution >= 4 is 11.8 Å². The Hall–Kier alpha value is -2.69. The van der Waals surface area contributed by atoms with Gasteiger partial charge in [0.2, 0.25) is 0 Å². The monoisotopic (exact) mass is 273 g/mol. The molecule has 0 aliphatic heterocycles. The highest BCUT2D eigenvalue weighted by atomic mass is 16.7. The van der Waals surface area contributed by atoms with Crippen LogP contribution in [0.25, 0.3) is 0 Å². The molecule has 0 atom stereocenters. The topological polar surface area (TPSA) is 70.8 Å². The zero-order valence-electron chi connectivity index (χ0n) is 11.0. The summed E-state index contributed by atoms with van der Waals surface area (Å²) in [5.41, 5.74) is 7.02. The van der Waals surface area contributed by atoms with Gasteiger partial charge in [0.15, 0.2) is 11.5 Å². The molecule has 0 heterocycles. The Kier molecular flexibility index (Phi) is 4.44. The van der Waals surface area contributed by atoms with Crippen molar-refractivity contribution in [1.29, 1.82) is 0 Å². The van der Waals surface area contributed by atoms with Crippen molar-refractivity contribution in [2.45, 2.75) is 6.61 Å². The van der Waals surface area contributed by atoms with Crippen molar-refractivity contribution in [2.75, 3.05) is 12.8 Å². The van der Waals surface area contributed by atoms with Gasteiger partial charge in [-0.3, -0.25) is 0 Å². The van der Waals surface area contributed by atoms with E-state index < -0.39 is 6.16 Å². The summed E-state index contributed by atoms with van der Waals surface area (Å²) < 4.78 is 15.2. The summed E-state index contributed by atoms with van der Waals surface area (Å²) in [5.74, 6) is 0.640. The molecule has 5 nitrogen and oxygen atoms in total. The fraction of sp³-hybridized carbons (Fsp3) is 0.133. The summed E-state index contributed by atoms with van der Waals surface area (Å²) in [4.78, 5) is 11.6. The molecule has 0 unspecified atom stereocenters. The van der Waals surface area contributed by atoms with E-state index in [9.17, 15) is 4.79 Å². The zero-order chi connectivity index (χ0) is 14.4. The zero-order valence-corrected chi connectivity index (χ0v) is 11.0. The molecule has 5 heteroatoms. The maximum Gasteiger partial charge on any atom is 0.514 e. The average molecular weight is 273 g/mol. The van der Waals surface area contributed by atoms with Gasteiger partial charge in [0.25, 0.3) is 0 Å². The van der Waals surface area contributed by atoms with Gasteiger partial charge in [-0.2, -0.15) is 0 Å². The van der Waals surface area contributed by atoms with Gasteiger partial charge in [-0.05, 0) is 17.7 Å². The minimum Gasteiger partial charge on any atom is -0.493 e. The van der Waals surface area contributed by atoms with E-state index >= 15 is 0 Å². The first-order valence-electron chi connectivity index (χ1n) is 6.01. The lowest BCUT2D eigenvalue weighted by Crippen LogP contribution is -2.11. The predicted octanol–water partition coefficient (Wildman–Crippen LogP) is 2.99. The summed E-state index contributed by atoms with van der Waals surface area (Å²) in [6.45, 7) is 0.150. The van der Waals surface area contributed by atoms with Gasteiger partial charge in [-0.15, -0.1) is 0 Å². The number of carbonyl (C=O) groups excluding carboxylic acids is 1. The second kappa shape index (κ2) is 6.47. The number of nitrogen functional groups attached to an aromatic ring is 1. The van der Waals surface area contributed by atoms with Crippen molar-refractivity contribution in [3.05, 3.63) is 54.1 Å². The van der Waals surface area contributed by atoms with Crippen LogP contribution in [0.5, 0.6) is 11.5 Å². The molecule has 2 rings (SSSR count). The predicted molar refractivity (Wildman–Crippen MR) is 74.7 cm³/mol. The second-order valence-corrected chi connectivity index (χ2v) is 4.04. The lowest BCUT2D eigenvalue weighted by atomic mass is 10.2. The van der Waals surface area contributed by atoms with Crippen LogP contribution in [0.1, 0.15) is 5.56 Å². The molecule has 0 amide bonds. The Bertz CT molecular complexity index is 584. The largest absolute Gasteiger partial charge is 0.514 e. The molecule has 20 heavy (non-hydrogen) atoms. The van der Waals surface area contributed by atoms with E-state index in [0.717, 1.165) is 5.56 Å². The molecule has 0 saturated heterocycles. The van der Waals surface area contributed by atoms with Crippen molar-refractivity contribution in [3.8, 4) is 11.5 Å². The first-order valence-corrected chi connectivity index (χ1v) is 6.01. The first kappa shape index (κ1) is 13.7. The molecule has 104 valence electrons. The van der Waals surface area contributed by atoms with Gasteiger partial charge in [-0.1, -0.05) is 30.3 Å². The normalized spacial score (nSPS) is 9.85. The van der Waals surface area contributed by atoms with E-state index in [-0.39, 0.29) is 12.4 Å². The molecular weight excluding hydrogens is 258 g/mol. The molecule has 0 radical (unpaired) electrons. The summed E-state index contributed by atoms with van der Waals surface area (Å²) in [6, 6.07) is 14.1. The number of benzene rings is 2. The van der Waals surface area contributed by atoms with Crippen LogP contribution in [0.2, 0.25) is 0 Å². The van der Waals surface area contributed by atoms with E-state index in [1.807, 2.05) is 30.3 Å². The molecule has 0 aliphatic carbocycles. The van der Waals surface area contributed by atoms with Crippen molar-refractivity contribution in [2.24, 2.45) is 0 Å². The fourth-order valence-electron chi connectivity index (χ4n) is 1.60. The molecule has 0 aromatic heterocycles. The van der Waals surface area contributed by atoms with Crippen LogP contribution >= 0.6 is 0 Å². The van der Waals surface area contributed by atoms with Gasteiger partial charge in [-0.25, -0.2) is 4.79 Å². The molecule has 2 aromatic rings. The van der Waals surface area contributed by atoms with Crippen LogP contribution in [0, 0.1) is 0 Å². The van der Waals surface area contributed by atoms with Crippen LogP contribution in [0.15, 0.2) is 48.5 Å². The number of nitrogens with two attached hydrogens (primary N) is 1. The Labute approximate surface area is 116 Å². The van der Waals surface area contributed by atoms with Gasteiger partial charge >= 0.3 is 6.16 Å². The van der Waals surface area contributed by atoms with Crippen LogP contribution in [-0.2, 0) is 11.3 Å². The molecule has 0 aliphatic rings. The van der Waals surface area contributed by atoms with Gasteiger partial charge in [0, 0.05) is 11.8 Å². The molecular formula is C15H15NO4. The Balaban J connectivity index is 1.95. The second-order valence-electron chi connectivity index (χ2n) is 4.04. The van der Waals surface area contributed by atoms with Gasteiger partial charge in [0.1, 0.15) is 6.61 Å². The maximum atomic E-state index is 11.6. The molecule has 0 fully saturated rings. The van der Waals surface area contributed by atoms with Crippen molar-refractivity contribution in [1.82, 2.24) is 0 Å². The van der Waals surface area contributed by atoms with Crippen LogP contribution in [0.4, 0.5) is 10.5 Å². The molecule has 2 aromatic carbocycles. The third kappa shape index (κ3) is 3.65. The fourth-order valence-corrected chi connectivity index (χ4v) is 1.60. The summed E-state index contributed by atoms with van der Waals surface area (Å²) in [7, 11) is 1.47. The minimum absolute atomic E-state index is 0.150. The molecule has 2 N–H and O–H groups in total. The average Bonchev–Trinajstić information content (AvgIpc) is 2.48. The number of ether oxygens (including phenoxy) is 3. The Morgan fingerprint density at radius 1 is 1.10 bits per heavy atom. The van der Waals surface area contributed by atoms with E-state index in [4.69, 9.17) is 19.9 Å². The minimum atomic E-state index is -0.795. The number of anilines is 1. The van der Waals surface area contributed by atoms with E-state index in [2.05, 4.69) is 0 Å². The smallest absolute Gasteiger partial charge is 0.493 e. The van der Waals surface area contributed by atoms with Crippen molar-refractivity contribution in [3.63, 3.8) is 0 Å². The SMILES string of the molecule is COc1cc(N)ccc1OC(=O)OCc1ccccc1. The van der Waals surface area contributed by atoms with Crippen LogP contribution < -0.4 is 15.2 Å². The van der Waals surface area contributed by atoms with Crippen molar-refractivity contribution < 1.29 is 19.0 Å². The lowest BCUT2D eigenvalue weighted by molar-refractivity contribution is 0.0917. The van der Waals surface area contributed by atoms with Gasteiger partial charge < -0.3 is 19.9 Å². The number of rotatable bonds is 4. The Morgan fingerprint density at radius 2 is 1.85 bits per heavy atom. The maximum absolute atomic E-state index is 11.6. The lowest BCUT2D eigenvalue weighted by Gasteiger charge is -2.10. The Morgan fingerprint density at radius 3 is 2.55 bits per heavy atom. The molecule has 0 spiro atoms. The third-order valence-electron chi connectivity index (χ3n) is 2.58. The van der Waals surface area contributed by atoms with Crippen LogP contribution in [-0.4, -0.2) is 13.3 Å². The number of hydrogen-bond donors (Lipinski definition) is 1. The summed E-state index contributed by atoms with van der Waals surface area (Å²) >= 11 is 0. The summed E-state index contributed by atoms with van der Waals surface area (Å²) in [5, 5.41) is 0. The highest BCUT2D eigenvalue weighted by molar-refractivity contribution is 5.66. The first-order chi connectivity index (χ1) is 9.69. The standard InChI is InChI=1S/C15H15NO4/c1-18-14-9-12(16)7-8-13(14)20-15(17)19-10-11-5-3-2-4-6-11/h2-9H,10,16H2,1H3. The molecule has 0 bridgehead atoms. The van der Waals surface area contributed by atoms with Gasteiger partial charge in [0.05, 0.1) is 7.11 Å². The third-order valence-corrected chi connectivity index (χ3v) is 2.58. The van der Waals surface area contributed by atoms with Crippen LogP contribution in [0.3, 0.4) is 0 Å². The summed E-state index contributed by atoms with van der Waals surface area (Å²) in [6.07, 6.45) is -0.795. The van der Waals surface area contributed by atoms with E-state index in [1.165, 1.54) is 7.11 Å². The van der Waals surface area contributed by atoms with E-state index in [0.29, 0.717) is 11.4 Å². The number of methoxy groups -OCH3 is 1. The highest BCUT2D eigenvalue weighted by Crippen LogP contribution is 2.29. The molecule has 0 saturated carbocycles.